The Morgan fingerprint density at radius 2 is 1.80 bits per heavy atom. The van der Waals surface area contributed by atoms with E-state index in [9.17, 15) is 0 Å². The van der Waals surface area contributed by atoms with Crippen LogP contribution in [0.4, 0.5) is 11.8 Å². The summed E-state index contributed by atoms with van der Waals surface area (Å²) in [6.07, 6.45) is 1.78. The Labute approximate surface area is 150 Å². The minimum absolute atomic E-state index is 0.300. The first-order chi connectivity index (χ1) is 12.2. The van der Waals surface area contributed by atoms with Gasteiger partial charge >= 0.3 is 0 Å². The molecule has 0 spiro atoms. The van der Waals surface area contributed by atoms with Gasteiger partial charge in [0.1, 0.15) is 0 Å². The fourth-order valence-corrected chi connectivity index (χ4v) is 3.12. The fourth-order valence-electron chi connectivity index (χ4n) is 3.12. The second-order valence-electron chi connectivity index (χ2n) is 6.74. The van der Waals surface area contributed by atoms with Gasteiger partial charge in [0.25, 0.3) is 0 Å². The fraction of sp³-hybridized carbons (Fsp3) is 0.526. The van der Waals surface area contributed by atoms with Crippen molar-refractivity contribution >= 4 is 11.8 Å². The first-order valence-electron chi connectivity index (χ1n) is 9.15. The van der Waals surface area contributed by atoms with Crippen molar-refractivity contribution in [3.05, 3.63) is 42.1 Å². The second kappa shape index (κ2) is 8.25. The smallest absolute Gasteiger partial charge is 0.247 e. The number of piperazine rings is 1. The first kappa shape index (κ1) is 17.6. The Balaban J connectivity index is 1.76. The van der Waals surface area contributed by atoms with Gasteiger partial charge in [-0.25, -0.2) is 0 Å². The quantitative estimate of drug-likeness (QED) is 0.805. The molecule has 0 saturated carbocycles. The molecule has 25 heavy (non-hydrogen) atoms. The zero-order valence-electron chi connectivity index (χ0n) is 15.5. The largest absolute Gasteiger partial charge is 0.353 e. The number of hydrogen-bond donors (Lipinski definition) is 0. The lowest BCUT2D eigenvalue weighted by Gasteiger charge is -2.35. The SMILES string of the molecule is CCN1CCN(c2cnnc(N(Cc3ccccc3)C(C)C)n2)CC1. The molecule has 6 nitrogen and oxygen atoms in total. The molecule has 1 aromatic heterocycles. The maximum Gasteiger partial charge on any atom is 0.247 e. The van der Waals surface area contributed by atoms with Crippen LogP contribution in [-0.2, 0) is 6.54 Å². The number of benzene rings is 1. The van der Waals surface area contributed by atoms with Crippen molar-refractivity contribution in [1.29, 1.82) is 0 Å². The highest BCUT2D eigenvalue weighted by atomic mass is 15.4. The van der Waals surface area contributed by atoms with Gasteiger partial charge in [0.05, 0.1) is 6.20 Å². The van der Waals surface area contributed by atoms with Crippen molar-refractivity contribution in [2.45, 2.75) is 33.4 Å². The number of anilines is 2. The monoisotopic (exact) mass is 340 g/mol. The summed E-state index contributed by atoms with van der Waals surface area (Å²) in [7, 11) is 0. The molecule has 0 atom stereocenters. The summed E-state index contributed by atoms with van der Waals surface area (Å²) in [4.78, 5) is 11.8. The molecule has 134 valence electrons. The van der Waals surface area contributed by atoms with Crippen LogP contribution in [0.25, 0.3) is 0 Å². The summed E-state index contributed by atoms with van der Waals surface area (Å²) in [5.74, 6) is 1.63. The molecule has 0 radical (unpaired) electrons. The van der Waals surface area contributed by atoms with Gasteiger partial charge in [0.2, 0.25) is 5.95 Å². The van der Waals surface area contributed by atoms with Gasteiger partial charge in [-0.3, -0.25) is 0 Å². The Hall–Kier alpha value is -2.21. The molecule has 3 rings (SSSR count). The molecule has 2 heterocycles. The summed E-state index contributed by atoms with van der Waals surface area (Å²) in [6.45, 7) is 12.6. The van der Waals surface area contributed by atoms with Gasteiger partial charge in [0, 0.05) is 38.8 Å². The summed E-state index contributed by atoms with van der Waals surface area (Å²) >= 11 is 0. The van der Waals surface area contributed by atoms with Crippen molar-refractivity contribution in [2.24, 2.45) is 0 Å². The highest BCUT2D eigenvalue weighted by molar-refractivity contribution is 5.43. The van der Waals surface area contributed by atoms with Gasteiger partial charge in [-0.2, -0.15) is 10.1 Å². The molecule has 0 aliphatic carbocycles. The third-order valence-electron chi connectivity index (χ3n) is 4.75. The summed E-state index contributed by atoms with van der Waals surface area (Å²) in [5.41, 5.74) is 1.25. The van der Waals surface area contributed by atoms with Crippen LogP contribution < -0.4 is 9.80 Å². The molecule has 1 aromatic carbocycles. The molecular weight excluding hydrogens is 312 g/mol. The second-order valence-corrected chi connectivity index (χ2v) is 6.74. The van der Waals surface area contributed by atoms with Crippen molar-refractivity contribution < 1.29 is 0 Å². The molecule has 0 unspecified atom stereocenters. The average molecular weight is 340 g/mol. The lowest BCUT2D eigenvalue weighted by Crippen LogP contribution is -2.46. The third kappa shape index (κ3) is 4.45. The standard InChI is InChI=1S/C19H28N6/c1-4-23-10-12-24(13-11-23)18-14-20-22-19(21-18)25(16(2)3)15-17-8-6-5-7-9-17/h5-9,14,16H,4,10-13,15H2,1-3H3. The van der Waals surface area contributed by atoms with Crippen LogP contribution in [-0.4, -0.2) is 58.8 Å². The van der Waals surface area contributed by atoms with Crippen molar-refractivity contribution in [2.75, 3.05) is 42.5 Å². The Kier molecular flexibility index (Phi) is 5.81. The van der Waals surface area contributed by atoms with Gasteiger partial charge in [0.15, 0.2) is 5.82 Å². The predicted octanol–water partition coefficient (Wildman–Crippen LogP) is 2.43. The highest BCUT2D eigenvalue weighted by Crippen LogP contribution is 2.19. The van der Waals surface area contributed by atoms with E-state index in [-0.39, 0.29) is 0 Å². The van der Waals surface area contributed by atoms with E-state index in [2.05, 4.69) is 69.9 Å². The number of likely N-dealkylation sites (N-methyl/N-ethyl adjacent to an activating group) is 1. The number of nitrogens with zero attached hydrogens (tertiary/aromatic N) is 6. The van der Waals surface area contributed by atoms with Gasteiger partial charge < -0.3 is 14.7 Å². The predicted molar refractivity (Wildman–Crippen MR) is 102 cm³/mol. The maximum atomic E-state index is 4.82. The van der Waals surface area contributed by atoms with Crippen LogP contribution in [0.15, 0.2) is 36.5 Å². The van der Waals surface area contributed by atoms with E-state index in [1.54, 1.807) is 6.20 Å². The zero-order chi connectivity index (χ0) is 17.6. The normalized spacial score (nSPS) is 15.6. The Morgan fingerprint density at radius 3 is 2.44 bits per heavy atom. The van der Waals surface area contributed by atoms with Gasteiger partial charge in [-0.15, -0.1) is 5.10 Å². The Bertz CT molecular complexity index is 652. The van der Waals surface area contributed by atoms with Crippen LogP contribution in [0.5, 0.6) is 0 Å². The minimum atomic E-state index is 0.300. The molecule has 2 aromatic rings. The molecule has 1 saturated heterocycles. The van der Waals surface area contributed by atoms with Gasteiger partial charge in [-0.05, 0) is 26.0 Å². The van der Waals surface area contributed by atoms with Crippen molar-refractivity contribution in [3.8, 4) is 0 Å². The number of aromatic nitrogens is 3. The van der Waals surface area contributed by atoms with E-state index in [1.807, 2.05) is 6.07 Å². The average Bonchev–Trinajstić information content (AvgIpc) is 2.67. The minimum Gasteiger partial charge on any atom is -0.353 e. The molecule has 0 bridgehead atoms. The molecule has 6 heteroatoms. The zero-order valence-corrected chi connectivity index (χ0v) is 15.5. The van der Waals surface area contributed by atoms with Crippen molar-refractivity contribution in [1.82, 2.24) is 20.1 Å². The van der Waals surface area contributed by atoms with Crippen LogP contribution in [0.2, 0.25) is 0 Å². The van der Waals surface area contributed by atoms with E-state index in [0.717, 1.165) is 45.1 Å². The maximum absolute atomic E-state index is 4.82. The number of hydrogen-bond acceptors (Lipinski definition) is 6. The first-order valence-corrected chi connectivity index (χ1v) is 9.15. The molecule has 1 aliphatic heterocycles. The van der Waals surface area contributed by atoms with E-state index in [1.165, 1.54) is 5.56 Å². The molecule has 0 N–H and O–H groups in total. The van der Waals surface area contributed by atoms with E-state index < -0.39 is 0 Å². The third-order valence-corrected chi connectivity index (χ3v) is 4.75. The molecule has 1 fully saturated rings. The van der Waals surface area contributed by atoms with Crippen LogP contribution in [0, 0.1) is 0 Å². The number of rotatable bonds is 6. The van der Waals surface area contributed by atoms with E-state index in [4.69, 9.17) is 4.98 Å². The Morgan fingerprint density at radius 1 is 1.08 bits per heavy atom. The molecule has 1 aliphatic rings. The summed E-state index contributed by atoms with van der Waals surface area (Å²) < 4.78 is 0. The molecular formula is C19H28N6. The van der Waals surface area contributed by atoms with Crippen LogP contribution >= 0.6 is 0 Å². The van der Waals surface area contributed by atoms with Crippen LogP contribution in [0.3, 0.4) is 0 Å². The topological polar surface area (TPSA) is 48.4 Å². The lowest BCUT2D eigenvalue weighted by molar-refractivity contribution is 0.270. The summed E-state index contributed by atoms with van der Waals surface area (Å²) in [5, 5.41) is 8.55. The van der Waals surface area contributed by atoms with E-state index in [0.29, 0.717) is 12.0 Å². The lowest BCUT2D eigenvalue weighted by atomic mass is 10.2. The van der Waals surface area contributed by atoms with Crippen molar-refractivity contribution in [3.63, 3.8) is 0 Å². The molecule has 0 amide bonds. The highest BCUT2D eigenvalue weighted by Gasteiger charge is 2.20. The van der Waals surface area contributed by atoms with E-state index >= 15 is 0 Å². The summed E-state index contributed by atoms with van der Waals surface area (Å²) in [6, 6.07) is 10.7. The van der Waals surface area contributed by atoms with Crippen LogP contribution in [0.1, 0.15) is 26.3 Å². The van der Waals surface area contributed by atoms with Gasteiger partial charge in [-0.1, -0.05) is 37.3 Å².